The van der Waals surface area contributed by atoms with Crippen molar-refractivity contribution in [3.8, 4) is 0 Å². The van der Waals surface area contributed by atoms with E-state index in [0.29, 0.717) is 11.8 Å². The van der Waals surface area contributed by atoms with Crippen LogP contribution in [0.1, 0.15) is 20.8 Å². The van der Waals surface area contributed by atoms with Crippen LogP contribution in [0.5, 0.6) is 0 Å². The highest BCUT2D eigenvalue weighted by atomic mass is 16.5. The molecule has 2 N–H and O–H groups in total. The Labute approximate surface area is 98.1 Å². The van der Waals surface area contributed by atoms with Crippen molar-refractivity contribution in [2.75, 3.05) is 32.8 Å². The van der Waals surface area contributed by atoms with E-state index in [1.54, 1.807) is 0 Å². The van der Waals surface area contributed by atoms with Crippen molar-refractivity contribution < 1.29 is 9.53 Å². The highest BCUT2D eigenvalue weighted by Gasteiger charge is 2.32. The predicted molar refractivity (Wildman–Crippen MR) is 63.9 cm³/mol. The van der Waals surface area contributed by atoms with Gasteiger partial charge in [0.25, 0.3) is 0 Å². The maximum absolute atomic E-state index is 11.1. The molecular formula is C12H24N2O2. The number of primary amides is 1. The van der Waals surface area contributed by atoms with Crippen LogP contribution >= 0.6 is 0 Å². The molecule has 4 nitrogen and oxygen atoms in total. The van der Waals surface area contributed by atoms with Gasteiger partial charge in [-0.2, -0.15) is 0 Å². The van der Waals surface area contributed by atoms with E-state index in [1.165, 1.54) is 0 Å². The minimum absolute atomic E-state index is 0.0186. The fourth-order valence-electron chi connectivity index (χ4n) is 2.13. The summed E-state index contributed by atoms with van der Waals surface area (Å²) in [6, 6.07) is 0. The zero-order valence-corrected chi connectivity index (χ0v) is 10.6. The molecule has 1 fully saturated rings. The van der Waals surface area contributed by atoms with Gasteiger partial charge in [-0.1, -0.05) is 20.8 Å². The summed E-state index contributed by atoms with van der Waals surface area (Å²) in [5, 5.41) is 0. The van der Waals surface area contributed by atoms with Crippen molar-refractivity contribution in [2.24, 2.45) is 23.5 Å². The molecule has 4 heteroatoms. The molecule has 94 valence electrons. The second kappa shape index (κ2) is 6.21. The van der Waals surface area contributed by atoms with Gasteiger partial charge in [-0.15, -0.1) is 0 Å². The molecule has 0 bridgehead atoms. The van der Waals surface area contributed by atoms with Gasteiger partial charge >= 0.3 is 0 Å². The fourth-order valence-corrected chi connectivity index (χ4v) is 2.13. The molecule has 0 aromatic carbocycles. The zero-order chi connectivity index (χ0) is 12.1. The van der Waals surface area contributed by atoms with E-state index in [-0.39, 0.29) is 11.8 Å². The summed E-state index contributed by atoms with van der Waals surface area (Å²) < 4.78 is 5.53. The van der Waals surface area contributed by atoms with E-state index < -0.39 is 0 Å². The van der Waals surface area contributed by atoms with E-state index in [0.717, 1.165) is 32.8 Å². The Balaban J connectivity index is 2.18. The third-order valence-electron chi connectivity index (χ3n) is 3.06. The summed E-state index contributed by atoms with van der Waals surface area (Å²) in [7, 11) is 0. The van der Waals surface area contributed by atoms with E-state index in [1.807, 2.05) is 0 Å². The third kappa shape index (κ3) is 4.10. The average molecular weight is 228 g/mol. The second-order valence-electron chi connectivity index (χ2n) is 5.21. The molecule has 0 aromatic heterocycles. The molecule has 1 heterocycles. The van der Waals surface area contributed by atoms with Crippen molar-refractivity contribution in [2.45, 2.75) is 20.8 Å². The molecular weight excluding hydrogens is 204 g/mol. The van der Waals surface area contributed by atoms with Gasteiger partial charge in [0, 0.05) is 26.2 Å². The first kappa shape index (κ1) is 13.5. The number of likely N-dealkylation sites (tertiary alicyclic amines) is 1. The topological polar surface area (TPSA) is 55.6 Å². The molecule has 1 amide bonds. The van der Waals surface area contributed by atoms with Gasteiger partial charge in [-0.3, -0.25) is 9.69 Å². The standard InChI is InChI=1S/C12H24N2O2/c1-9(2)8-16-5-4-14-6-10(3)11(7-14)12(13)15/h9-11H,4-8H2,1-3H3,(H2,13,15)/t10-,11-/m1/s1. The van der Waals surface area contributed by atoms with Gasteiger partial charge in [0.1, 0.15) is 0 Å². The van der Waals surface area contributed by atoms with Crippen LogP contribution in [0.2, 0.25) is 0 Å². The van der Waals surface area contributed by atoms with Crippen molar-refractivity contribution >= 4 is 5.91 Å². The Bertz CT molecular complexity index is 231. The largest absolute Gasteiger partial charge is 0.380 e. The minimum Gasteiger partial charge on any atom is -0.380 e. The Morgan fingerprint density at radius 1 is 1.50 bits per heavy atom. The van der Waals surface area contributed by atoms with Crippen LogP contribution in [0, 0.1) is 17.8 Å². The van der Waals surface area contributed by atoms with Crippen LogP contribution in [0.15, 0.2) is 0 Å². The summed E-state index contributed by atoms with van der Waals surface area (Å²) in [5.41, 5.74) is 5.35. The van der Waals surface area contributed by atoms with Crippen molar-refractivity contribution in [3.05, 3.63) is 0 Å². The summed E-state index contributed by atoms with van der Waals surface area (Å²) in [5.74, 6) is 0.807. The number of amides is 1. The van der Waals surface area contributed by atoms with Crippen LogP contribution in [-0.4, -0.2) is 43.7 Å². The molecule has 0 aromatic rings. The normalized spacial score (nSPS) is 26.5. The van der Waals surface area contributed by atoms with Gasteiger partial charge in [-0.25, -0.2) is 0 Å². The number of nitrogens with two attached hydrogens (primary N) is 1. The Hall–Kier alpha value is -0.610. The fraction of sp³-hybridized carbons (Fsp3) is 0.917. The highest BCUT2D eigenvalue weighted by Crippen LogP contribution is 2.21. The van der Waals surface area contributed by atoms with Crippen molar-refractivity contribution in [3.63, 3.8) is 0 Å². The van der Waals surface area contributed by atoms with E-state index in [4.69, 9.17) is 10.5 Å². The van der Waals surface area contributed by atoms with Gasteiger partial charge in [0.05, 0.1) is 12.5 Å². The lowest BCUT2D eigenvalue weighted by Crippen LogP contribution is -2.30. The molecule has 0 radical (unpaired) electrons. The maximum Gasteiger partial charge on any atom is 0.222 e. The summed E-state index contributed by atoms with van der Waals surface area (Å²) in [6.45, 7) is 10.6. The van der Waals surface area contributed by atoms with Crippen LogP contribution in [-0.2, 0) is 9.53 Å². The van der Waals surface area contributed by atoms with Crippen LogP contribution in [0.3, 0.4) is 0 Å². The van der Waals surface area contributed by atoms with Crippen LogP contribution in [0.4, 0.5) is 0 Å². The average Bonchev–Trinajstić information content (AvgIpc) is 2.54. The molecule has 1 saturated heterocycles. The lowest BCUT2D eigenvalue weighted by Gasteiger charge is -2.15. The first-order valence-corrected chi connectivity index (χ1v) is 6.10. The van der Waals surface area contributed by atoms with Crippen LogP contribution < -0.4 is 5.73 Å². The van der Waals surface area contributed by atoms with Crippen molar-refractivity contribution in [1.29, 1.82) is 0 Å². The van der Waals surface area contributed by atoms with Gasteiger partial charge in [-0.05, 0) is 11.8 Å². The molecule has 16 heavy (non-hydrogen) atoms. The molecule has 2 atom stereocenters. The lowest BCUT2D eigenvalue weighted by molar-refractivity contribution is -0.122. The van der Waals surface area contributed by atoms with E-state index in [2.05, 4.69) is 25.7 Å². The van der Waals surface area contributed by atoms with Gasteiger partial charge < -0.3 is 10.5 Å². The predicted octanol–water partition coefficient (Wildman–Crippen LogP) is 0.712. The third-order valence-corrected chi connectivity index (χ3v) is 3.06. The number of rotatable bonds is 6. The highest BCUT2D eigenvalue weighted by molar-refractivity contribution is 5.77. The summed E-state index contributed by atoms with van der Waals surface area (Å²) in [6.07, 6.45) is 0. The molecule has 0 aliphatic carbocycles. The first-order valence-electron chi connectivity index (χ1n) is 6.10. The Kier molecular flexibility index (Phi) is 5.22. The monoisotopic (exact) mass is 228 g/mol. The first-order chi connectivity index (χ1) is 7.50. The van der Waals surface area contributed by atoms with Gasteiger partial charge in [0.15, 0.2) is 0 Å². The Morgan fingerprint density at radius 3 is 2.69 bits per heavy atom. The van der Waals surface area contributed by atoms with Crippen LogP contribution in [0.25, 0.3) is 0 Å². The zero-order valence-electron chi connectivity index (χ0n) is 10.6. The SMILES string of the molecule is CC(C)COCCN1C[C@@H](C)[C@H](C(N)=O)C1. The number of carbonyl (C=O) groups is 1. The molecule has 1 aliphatic heterocycles. The number of hydrogen-bond acceptors (Lipinski definition) is 3. The van der Waals surface area contributed by atoms with E-state index >= 15 is 0 Å². The molecule has 0 unspecified atom stereocenters. The van der Waals surface area contributed by atoms with Crippen molar-refractivity contribution in [1.82, 2.24) is 4.90 Å². The number of carbonyl (C=O) groups excluding carboxylic acids is 1. The molecule has 1 aliphatic rings. The number of nitrogens with zero attached hydrogens (tertiary/aromatic N) is 1. The van der Waals surface area contributed by atoms with E-state index in [9.17, 15) is 4.79 Å². The quantitative estimate of drug-likeness (QED) is 0.681. The molecule has 1 rings (SSSR count). The minimum atomic E-state index is -0.168. The second-order valence-corrected chi connectivity index (χ2v) is 5.21. The van der Waals surface area contributed by atoms with Gasteiger partial charge in [0.2, 0.25) is 5.91 Å². The maximum atomic E-state index is 11.1. The smallest absolute Gasteiger partial charge is 0.222 e. The summed E-state index contributed by atoms with van der Waals surface area (Å²) >= 11 is 0. The Morgan fingerprint density at radius 2 is 2.19 bits per heavy atom. The summed E-state index contributed by atoms with van der Waals surface area (Å²) in [4.78, 5) is 13.4. The number of ether oxygens (including phenoxy) is 1. The molecule has 0 spiro atoms. The molecule has 0 saturated carbocycles. The number of hydrogen-bond donors (Lipinski definition) is 1. The lowest BCUT2D eigenvalue weighted by atomic mass is 9.98.